The molecule has 0 aliphatic carbocycles. The third kappa shape index (κ3) is 12.5. The highest BCUT2D eigenvalue weighted by Gasteiger charge is 2.47. The van der Waals surface area contributed by atoms with E-state index in [2.05, 4.69) is 0 Å². The van der Waals surface area contributed by atoms with Gasteiger partial charge in [0.05, 0.1) is 39.6 Å². The van der Waals surface area contributed by atoms with Gasteiger partial charge < -0.3 is 52.5 Å². The maximum Gasteiger partial charge on any atom is 0.262 e. The molecular formula is C51H56O11. The van der Waals surface area contributed by atoms with Gasteiger partial charge in [-0.15, -0.1) is 0 Å². The van der Waals surface area contributed by atoms with E-state index in [0.29, 0.717) is 32.0 Å². The highest BCUT2D eigenvalue weighted by Crippen LogP contribution is 2.38. The molecule has 0 fully saturated rings. The highest BCUT2D eigenvalue weighted by atomic mass is 16.8. The molecule has 1 N–H and O–H groups in total. The van der Waals surface area contributed by atoms with Gasteiger partial charge in [0.15, 0.2) is 17.3 Å². The van der Waals surface area contributed by atoms with E-state index in [1.54, 1.807) is 0 Å². The molecule has 5 aromatic rings. The van der Waals surface area contributed by atoms with E-state index in [-0.39, 0.29) is 50.3 Å². The molecule has 0 saturated carbocycles. The average Bonchev–Trinajstić information content (AvgIpc) is 3.32. The van der Waals surface area contributed by atoms with Gasteiger partial charge in [-0.05, 0) is 34.2 Å². The second-order valence-corrected chi connectivity index (χ2v) is 14.9. The summed E-state index contributed by atoms with van der Waals surface area (Å²) >= 11 is 0. The summed E-state index contributed by atoms with van der Waals surface area (Å²) in [4.78, 5) is 0. The Labute approximate surface area is 364 Å². The fourth-order valence-electron chi connectivity index (χ4n) is 6.98. The van der Waals surface area contributed by atoms with Crippen molar-refractivity contribution < 1.29 is 52.5 Å². The van der Waals surface area contributed by atoms with Crippen molar-refractivity contribution >= 4 is 0 Å². The van der Waals surface area contributed by atoms with Crippen LogP contribution >= 0.6 is 0 Å². The van der Waals surface area contributed by atoms with Crippen LogP contribution in [0.25, 0.3) is 0 Å². The quantitative estimate of drug-likeness (QED) is 0.0682. The van der Waals surface area contributed by atoms with Crippen molar-refractivity contribution in [1.82, 2.24) is 0 Å². The lowest BCUT2D eigenvalue weighted by Gasteiger charge is -2.41. The molecule has 0 radical (unpaired) electrons. The van der Waals surface area contributed by atoms with Gasteiger partial charge in [-0.2, -0.15) is 0 Å². The van der Waals surface area contributed by atoms with Gasteiger partial charge in [-0.25, -0.2) is 0 Å². The summed E-state index contributed by atoms with van der Waals surface area (Å²) in [5, 5.41) is 11.9. The van der Waals surface area contributed by atoms with Gasteiger partial charge in [0.2, 0.25) is 12.0 Å². The predicted octanol–water partition coefficient (Wildman–Crippen LogP) is 8.76. The van der Waals surface area contributed by atoms with Gasteiger partial charge in [0.25, 0.3) is 6.29 Å². The van der Waals surface area contributed by atoms with Crippen LogP contribution in [0.3, 0.4) is 0 Å². The lowest BCUT2D eigenvalue weighted by Crippen LogP contribution is -2.49. The van der Waals surface area contributed by atoms with E-state index in [0.717, 1.165) is 27.8 Å². The summed E-state index contributed by atoms with van der Waals surface area (Å²) < 4.78 is 64.9. The minimum absolute atomic E-state index is 0.0617. The Morgan fingerprint density at radius 3 is 1.39 bits per heavy atom. The minimum atomic E-state index is -1.26. The molecule has 2 aliphatic heterocycles. The van der Waals surface area contributed by atoms with E-state index < -0.39 is 37.0 Å². The number of hydrogen-bond donors (Lipinski definition) is 1. The lowest BCUT2D eigenvalue weighted by atomic mass is 10.1. The lowest BCUT2D eigenvalue weighted by molar-refractivity contribution is -0.255. The SMILES string of the molecule is CCCOC1=C(OC2OC(COCc3ccccc3)C(OCc3ccccc3)C(OCc3ccccc3)=C2OCc2ccccc2)C(OC)OC(COCc2ccccc2)C1O. The first-order valence-corrected chi connectivity index (χ1v) is 21.1. The zero-order chi connectivity index (χ0) is 42.8. The van der Waals surface area contributed by atoms with Crippen molar-refractivity contribution in [3.8, 4) is 0 Å². The third-order valence-corrected chi connectivity index (χ3v) is 10.2. The number of ether oxygens (including phenoxy) is 10. The topological polar surface area (TPSA) is 113 Å². The van der Waals surface area contributed by atoms with Gasteiger partial charge in [-0.1, -0.05) is 159 Å². The number of benzene rings is 5. The number of aliphatic hydroxyl groups is 1. The standard InChI is InChI=1S/C51H56O11/c1-3-29-56-46-44(52)42(35-54-30-37-19-9-4-10-20-37)60-50(53-2)49(46)62-51-48(59-34-41-27-17-8-18-28-41)47(58-33-40-25-15-7-16-26-40)45(57-32-39-23-13-6-14-24-39)43(61-51)36-55-31-38-21-11-5-12-22-38/h4-28,42-45,50-52H,3,29-36H2,1-2H3. The van der Waals surface area contributed by atoms with Gasteiger partial charge in [-0.3, -0.25) is 0 Å². The number of rotatable bonds is 23. The molecule has 2 aliphatic rings. The first-order valence-electron chi connectivity index (χ1n) is 21.1. The van der Waals surface area contributed by atoms with Crippen molar-refractivity contribution in [2.45, 2.75) is 83.4 Å². The second kappa shape index (κ2) is 23.6. The summed E-state index contributed by atoms with van der Waals surface area (Å²) in [6, 6.07) is 49.3. The molecule has 5 aromatic carbocycles. The zero-order valence-electron chi connectivity index (χ0n) is 35.3. The summed E-state index contributed by atoms with van der Waals surface area (Å²) in [6.45, 7) is 3.71. The van der Waals surface area contributed by atoms with Crippen molar-refractivity contribution in [3.63, 3.8) is 0 Å². The van der Waals surface area contributed by atoms with Crippen LogP contribution in [0.5, 0.6) is 0 Å². The monoisotopic (exact) mass is 844 g/mol. The molecule has 0 aromatic heterocycles. The molecular weight excluding hydrogens is 789 g/mol. The predicted molar refractivity (Wildman–Crippen MR) is 231 cm³/mol. The van der Waals surface area contributed by atoms with Gasteiger partial charge in [0, 0.05) is 7.11 Å². The maximum atomic E-state index is 11.9. The first-order chi connectivity index (χ1) is 30.6. The Kier molecular flexibility index (Phi) is 17.0. The minimum Gasteiger partial charge on any atom is -0.491 e. The number of hydrogen-bond acceptors (Lipinski definition) is 11. The van der Waals surface area contributed by atoms with E-state index in [4.69, 9.17) is 47.4 Å². The second-order valence-electron chi connectivity index (χ2n) is 14.9. The fraction of sp³-hybridized carbons (Fsp3) is 0.333. The summed E-state index contributed by atoms with van der Waals surface area (Å²) in [6.07, 6.45) is -5.37. The smallest absolute Gasteiger partial charge is 0.262 e. The zero-order valence-corrected chi connectivity index (χ0v) is 35.3. The van der Waals surface area contributed by atoms with Gasteiger partial charge in [0.1, 0.15) is 37.6 Å². The van der Waals surface area contributed by atoms with Crippen molar-refractivity contribution in [2.24, 2.45) is 0 Å². The van der Waals surface area contributed by atoms with Gasteiger partial charge >= 0.3 is 0 Å². The number of aliphatic hydroxyl groups excluding tert-OH is 1. The molecule has 0 spiro atoms. The van der Waals surface area contributed by atoms with Crippen LogP contribution in [0.4, 0.5) is 0 Å². The van der Waals surface area contributed by atoms with E-state index in [9.17, 15) is 5.11 Å². The Hall–Kier alpha value is -5.50. The normalized spacial score (nSPS) is 21.4. The van der Waals surface area contributed by atoms with Crippen molar-refractivity contribution in [3.05, 3.63) is 203 Å². The average molecular weight is 845 g/mol. The summed E-state index contributed by atoms with van der Waals surface area (Å²) in [5.41, 5.74) is 4.80. The van der Waals surface area contributed by atoms with Crippen LogP contribution in [-0.2, 0) is 80.4 Å². The maximum absolute atomic E-state index is 11.9. The molecule has 11 heteroatoms. The van der Waals surface area contributed by atoms with Crippen LogP contribution in [0.2, 0.25) is 0 Å². The molecule has 2 heterocycles. The van der Waals surface area contributed by atoms with Crippen molar-refractivity contribution in [2.75, 3.05) is 26.9 Å². The molecule has 0 bridgehead atoms. The molecule has 62 heavy (non-hydrogen) atoms. The summed E-state index contributed by atoms with van der Waals surface area (Å²) in [5.74, 6) is 0.853. The number of methoxy groups -OCH3 is 1. The van der Waals surface area contributed by atoms with Crippen LogP contribution in [0.15, 0.2) is 175 Å². The third-order valence-electron chi connectivity index (χ3n) is 10.2. The van der Waals surface area contributed by atoms with E-state index in [1.165, 1.54) is 7.11 Å². The molecule has 326 valence electrons. The molecule has 0 saturated heterocycles. The van der Waals surface area contributed by atoms with Crippen LogP contribution in [-0.4, -0.2) is 69.0 Å². The van der Waals surface area contributed by atoms with E-state index in [1.807, 2.05) is 159 Å². The molecule has 11 nitrogen and oxygen atoms in total. The Morgan fingerprint density at radius 2 is 0.903 bits per heavy atom. The largest absolute Gasteiger partial charge is 0.491 e. The van der Waals surface area contributed by atoms with Crippen LogP contribution in [0.1, 0.15) is 41.2 Å². The Morgan fingerprint density at radius 1 is 0.468 bits per heavy atom. The van der Waals surface area contributed by atoms with E-state index >= 15 is 0 Å². The molecule has 0 amide bonds. The fourth-order valence-corrected chi connectivity index (χ4v) is 6.98. The molecule has 7 rings (SSSR count). The Bertz CT molecular complexity index is 2100. The highest BCUT2D eigenvalue weighted by molar-refractivity contribution is 5.23. The first kappa shape index (κ1) is 44.6. The Balaban J connectivity index is 1.26. The molecule has 6 unspecified atom stereocenters. The summed E-state index contributed by atoms with van der Waals surface area (Å²) in [7, 11) is 1.50. The van der Waals surface area contributed by atoms with Crippen LogP contribution < -0.4 is 0 Å². The van der Waals surface area contributed by atoms with Crippen molar-refractivity contribution in [1.29, 1.82) is 0 Å². The molecule has 6 atom stereocenters. The van der Waals surface area contributed by atoms with Crippen LogP contribution in [0, 0.1) is 0 Å².